The third-order valence-corrected chi connectivity index (χ3v) is 5.16. The number of nitrogens with two attached hydrogens (primary N) is 1. The molecular weight excluding hydrogens is 398 g/mol. The van der Waals surface area contributed by atoms with E-state index in [2.05, 4.69) is 26.1 Å². The molecule has 0 saturated carbocycles. The highest BCUT2D eigenvalue weighted by Crippen LogP contribution is 2.18. The Kier molecular flexibility index (Phi) is 6.11. The molecule has 1 aromatic carbocycles. The van der Waals surface area contributed by atoms with Gasteiger partial charge < -0.3 is 20.4 Å². The highest BCUT2D eigenvalue weighted by atomic mass is 79.9. The van der Waals surface area contributed by atoms with Gasteiger partial charge >= 0.3 is 0 Å². The summed E-state index contributed by atoms with van der Waals surface area (Å²) < 4.78 is 5.60. The van der Waals surface area contributed by atoms with Crippen LogP contribution in [-0.4, -0.2) is 36.3 Å². The van der Waals surface area contributed by atoms with Gasteiger partial charge in [0.2, 0.25) is 5.91 Å². The zero-order valence-electron chi connectivity index (χ0n) is 14.4. The standard InChI is InChI=1S/C19H22BrN3O3/c20-17-11-15(12-26-17)19(25)22-16-3-1-13(2-4-16)5-8-23-9-6-14(7-10-23)18(21)24/h1-4,11-12,14H,5-10H2,(H2,21,24)(H,22,25). The molecule has 0 bridgehead atoms. The highest BCUT2D eigenvalue weighted by Gasteiger charge is 2.22. The molecule has 26 heavy (non-hydrogen) atoms. The number of likely N-dealkylation sites (tertiary alicyclic amines) is 1. The second-order valence-electron chi connectivity index (χ2n) is 6.56. The molecule has 0 unspecified atom stereocenters. The summed E-state index contributed by atoms with van der Waals surface area (Å²) in [7, 11) is 0. The molecule has 2 amide bonds. The number of nitrogens with one attached hydrogen (secondary N) is 1. The summed E-state index contributed by atoms with van der Waals surface area (Å²) >= 11 is 3.18. The van der Waals surface area contributed by atoms with Crippen molar-refractivity contribution in [3.05, 3.63) is 52.4 Å². The van der Waals surface area contributed by atoms with Gasteiger partial charge in [0.05, 0.1) is 5.56 Å². The lowest BCUT2D eigenvalue weighted by Gasteiger charge is -2.30. The Morgan fingerprint density at radius 2 is 1.92 bits per heavy atom. The molecule has 1 aliphatic rings. The van der Waals surface area contributed by atoms with E-state index in [4.69, 9.17) is 10.2 Å². The molecule has 1 saturated heterocycles. The van der Waals surface area contributed by atoms with Crippen LogP contribution in [0.3, 0.4) is 0 Å². The van der Waals surface area contributed by atoms with E-state index in [0.29, 0.717) is 10.2 Å². The molecule has 0 spiro atoms. The maximum absolute atomic E-state index is 12.1. The van der Waals surface area contributed by atoms with Gasteiger partial charge in [0.1, 0.15) is 6.26 Å². The van der Waals surface area contributed by atoms with E-state index in [1.165, 1.54) is 11.8 Å². The van der Waals surface area contributed by atoms with Crippen LogP contribution in [0.25, 0.3) is 0 Å². The monoisotopic (exact) mass is 419 g/mol. The molecule has 2 heterocycles. The summed E-state index contributed by atoms with van der Waals surface area (Å²) in [5.74, 6) is -0.348. The van der Waals surface area contributed by atoms with E-state index in [1.54, 1.807) is 6.07 Å². The number of piperidine rings is 1. The Hall–Kier alpha value is -2.12. The van der Waals surface area contributed by atoms with Crippen LogP contribution >= 0.6 is 15.9 Å². The van der Waals surface area contributed by atoms with Crippen LogP contribution in [0.5, 0.6) is 0 Å². The number of furan rings is 1. The van der Waals surface area contributed by atoms with Crippen LogP contribution in [0.2, 0.25) is 0 Å². The fraction of sp³-hybridized carbons (Fsp3) is 0.368. The SMILES string of the molecule is NC(=O)C1CCN(CCc2ccc(NC(=O)c3coc(Br)c3)cc2)CC1. The normalized spacial score (nSPS) is 15.7. The number of amides is 2. The lowest BCUT2D eigenvalue weighted by atomic mass is 9.96. The van der Waals surface area contributed by atoms with Crippen molar-refractivity contribution in [3.8, 4) is 0 Å². The predicted molar refractivity (Wildman–Crippen MR) is 103 cm³/mol. The molecule has 1 fully saturated rings. The van der Waals surface area contributed by atoms with Crippen molar-refractivity contribution in [1.29, 1.82) is 0 Å². The number of carbonyl (C=O) groups is 2. The molecular formula is C19H22BrN3O3. The molecule has 3 N–H and O–H groups in total. The van der Waals surface area contributed by atoms with Crippen molar-refractivity contribution < 1.29 is 14.0 Å². The first-order valence-corrected chi connectivity index (χ1v) is 9.46. The minimum absolute atomic E-state index is 0.0324. The molecule has 2 aromatic rings. The van der Waals surface area contributed by atoms with E-state index in [1.807, 2.05) is 24.3 Å². The lowest BCUT2D eigenvalue weighted by Crippen LogP contribution is -2.39. The van der Waals surface area contributed by atoms with E-state index in [-0.39, 0.29) is 17.7 Å². The number of rotatable bonds is 6. The van der Waals surface area contributed by atoms with E-state index in [0.717, 1.165) is 44.6 Å². The molecule has 0 radical (unpaired) electrons. The summed E-state index contributed by atoms with van der Waals surface area (Å²) in [6.07, 6.45) is 4.05. The van der Waals surface area contributed by atoms with Gasteiger partial charge in [-0.3, -0.25) is 9.59 Å². The number of benzene rings is 1. The molecule has 138 valence electrons. The molecule has 0 aliphatic carbocycles. The third-order valence-electron chi connectivity index (χ3n) is 4.75. The van der Waals surface area contributed by atoms with E-state index >= 15 is 0 Å². The number of hydrogen-bond donors (Lipinski definition) is 2. The Balaban J connectivity index is 1.46. The zero-order valence-corrected chi connectivity index (χ0v) is 16.0. The number of nitrogens with zero attached hydrogens (tertiary/aromatic N) is 1. The van der Waals surface area contributed by atoms with Crippen LogP contribution in [0.4, 0.5) is 5.69 Å². The minimum Gasteiger partial charge on any atom is -0.457 e. The average Bonchev–Trinajstić information content (AvgIpc) is 3.08. The molecule has 6 nitrogen and oxygen atoms in total. The van der Waals surface area contributed by atoms with Crippen molar-refractivity contribution in [3.63, 3.8) is 0 Å². The maximum Gasteiger partial charge on any atom is 0.258 e. The number of anilines is 1. The van der Waals surface area contributed by atoms with Crippen molar-refractivity contribution in [2.45, 2.75) is 19.3 Å². The van der Waals surface area contributed by atoms with Crippen LogP contribution in [-0.2, 0) is 11.2 Å². The van der Waals surface area contributed by atoms with Gasteiger partial charge in [-0.2, -0.15) is 0 Å². The molecule has 7 heteroatoms. The highest BCUT2D eigenvalue weighted by molar-refractivity contribution is 9.10. The molecule has 1 aliphatic heterocycles. The first-order valence-electron chi connectivity index (χ1n) is 8.67. The third kappa shape index (κ3) is 4.95. The van der Waals surface area contributed by atoms with Gasteiger partial charge in [-0.1, -0.05) is 12.1 Å². The largest absolute Gasteiger partial charge is 0.457 e. The fourth-order valence-corrected chi connectivity index (χ4v) is 3.46. The van der Waals surface area contributed by atoms with Crippen molar-refractivity contribution in [1.82, 2.24) is 4.90 Å². The van der Waals surface area contributed by atoms with Gasteiger partial charge in [0.15, 0.2) is 4.67 Å². The molecule has 1 aromatic heterocycles. The van der Waals surface area contributed by atoms with Crippen LogP contribution in [0.1, 0.15) is 28.8 Å². The number of hydrogen-bond acceptors (Lipinski definition) is 4. The van der Waals surface area contributed by atoms with Crippen LogP contribution in [0.15, 0.2) is 45.7 Å². The average molecular weight is 420 g/mol. The number of carbonyl (C=O) groups excluding carboxylic acids is 2. The van der Waals surface area contributed by atoms with Crippen LogP contribution < -0.4 is 11.1 Å². The van der Waals surface area contributed by atoms with Crippen molar-refractivity contribution in [2.75, 3.05) is 25.0 Å². The quantitative estimate of drug-likeness (QED) is 0.752. The number of primary amides is 1. The van der Waals surface area contributed by atoms with E-state index < -0.39 is 0 Å². The summed E-state index contributed by atoms with van der Waals surface area (Å²) in [5.41, 5.74) is 7.80. The second-order valence-corrected chi connectivity index (χ2v) is 7.34. The first kappa shape index (κ1) is 18.7. The Labute approximate surface area is 160 Å². The van der Waals surface area contributed by atoms with Gasteiger partial charge in [-0.25, -0.2) is 0 Å². The fourth-order valence-electron chi connectivity index (χ4n) is 3.12. The summed E-state index contributed by atoms with van der Waals surface area (Å²) in [6, 6.07) is 9.49. The number of halogens is 1. The smallest absolute Gasteiger partial charge is 0.258 e. The summed E-state index contributed by atoms with van der Waals surface area (Å²) in [4.78, 5) is 25.7. The van der Waals surface area contributed by atoms with Gasteiger partial charge in [0.25, 0.3) is 5.91 Å². The van der Waals surface area contributed by atoms with Crippen molar-refractivity contribution >= 4 is 33.4 Å². The summed E-state index contributed by atoms with van der Waals surface area (Å²) in [6.45, 7) is 2.80. The second kappa shape index (κ2) is 8.51. The Morgan fingerprint density at radius 3 is 2.50 bits per heavy atom. The first-order chi connectivity index (χ1) is 12.5. The molecule has 3 rings (SSSR count). The summed E-state index contributed by atoms with van der Waals surface area (Å²) in [5, 5.41) is 2.85. The maximum atomic E-state index is 12.1. The minimum atomic E-state index is -0.204. The molecule has 0 atom stereocenters. The van der Waals surface area contributed by atoms with Crippen LogP contribution in [0, 0.1) is 5.92 Å². The van der Waals surface area contributed by atoms with Gasteiger partial charge in [-0.15, -0.1) is 0 Å². The Morgan fingerprint density at radius 1 is 1.23 bits per heavy atom. The zero-order chi connectivity index (χ0) is 18.5. The van der Waals surface area contributed by atoms with Gasteiger partial charge in [-0.05, 0) is 66.0 Å². The predicted octanol–water partition coefficient (Wildman–Crippen LogP) is 3.03. The van der Waals surface area contributed by atoms with Gasteiger partial charge in [0, 0.05) is 24.2 Å². The topological polar surface area (TPSA) is 88.6 Å². The lowest BCUT2D eigenvalue weighted by molar-refractivity contribution is -0.123. The van der Waals surface area contributed by atoms with E-state index in [9.17, 15) is 9.59 Å². The Bertz CT molecular complexity index is 765. The van der Waals surface area contributed by atoms with Crippen molar-refractivity contribution in [2.24, 2.45) is 11.7 Å².